The fourth-order valence-electron chi connectivity index (χ4n) is 4.88. The molecule has 0 radical (unpaired) electrons. The number of anilines is 2. The topological polar surface area (TPSA) is 104 Å². The van der Waals surface area contributed by atoms with Gasteiger partial charge in [0.1, 0.15) is 11.4 Å². The summed E-state index contributed by atoms with van der Waals surface area (Å²) < 4.78 is 41.3. The molecular weight excluding hydrogens is 541 g/mol. The van der Waals surface area contributed by atoms with Crippen molar-refractivity contribution in [1.29, 1.82) is 0 Å². The molecule has 0 aliphatic heterocycles. The van der Waals surface area contributed by atoms with E-state index in [1.165, 1.54) is 18.2 Å². The Morgan fingerprint density at radius 1 is 0.829 bits per heavy atom. The summed E-state index contributed by atoms with van der Waals surface area (Å²) in [5.41, 5.74) is 4.39. The lowest BCUT2D eigenvalue weighted by atomic mass is 10.0. The quantitative estimate of drug-likeness (QED) is 0.204. The van der Waals surface area contributed by atoms with Gasteiger partial charge < -0.3 is 15.1 Å². The average Bonchev–Trinajstić information content (AvgIpc) is 2.95. The van der Waals surface area contributed by atoms with E-state index in [0.29, 0.717) is 34.6 Å². The molecule has 9 heteroatoms. The molecule has 0 atom stereocenters. The van der Waals surface area contributed by atoms with Gasteiger partial charge in [-0.25, -0.2) is 18.4 Å². The lowest BCUT2D eigenvalue weighted by molar-refractivity contribution is 0.409. The summed E-state index contributed by atoms with van der Waals surface area (Å²) in [5, 5.41) is 22.7. The van der Waals surface area contributed by atoms with E-state index >= 15 is 0 Å². The van der Waals surface area contributed by atoms with Gasteiger partial charge in [0, 0.05) is 29.1 Å². The summed E-state index contributed by atoms with van der Waals surface area (Å²) in [5.74, 6) is -2.03. The molecule has 0 unspecified atom stereocenters. The third-order valence-corrected chi connectivity index (χ3v) is 8.63. The SMILES string of the molecule is CCN(c1ccccc1)c1c(-c2cccc(C)c2)nc(O)c(S(=O)(=O)c2ccc(-c3ccc(F)nc3C)cc2)c1O. The van der Waals surface area contributed by atoms with Crippen molar-refractivity contribution in [3.63, 3.8) is 0 Å². The third-order valence-electron chi connectivity index (χ3n) is 6.83. The van der Waals surface area contributed by atoms with Crippen molar-refractivity contribution in [3.05, 3.63) is 108 Å². The summed E-state index contributed by atoms with van der Waals surface area (Å²) in [6.07, 6.45) is 0. The van der Waals surface area contributed by atoms with E-state index in [4.69, 9.17) is 0 Å². The Morgan fingerprint density at radius 2 is 1.54 bits per heavy atom. The van der Waals surface area contributed by atoms with E-state index in [2.05, 4.69) is 9.97 Å². The monoisotopic (exact) mass is 569 g/mol. The normalized spacial score (nSPS) is 11.4. The molecule has 0 fully saturated rings. The molecule has 0 aliphatic carbocycles. The molecule has 41 heavy (non-hydrogen) atoms. The number of halogens is 1. The van der Waals surface area contributed by atoms with Gasteiger partial charge in [-0.3, -0.25) is 0 Å². The van der Waals surface area contributed by atoms with Crippen LogP contribution in [0.2, 0.25) is 0 Å². The fourth-order valence-corrected chi connectivity index (χ4v) is 6.24. The second-order valence-electron chi connectivity index (χ2n) is 9.55. The van der Waals surface area contributed by atoms with Gasteiger partial charge in [-0.05, 0) is 68.8 Å². The number of nitrogens with zero attached hydrogens (tertiary/aromatic N) is 3. The van der Waals surface area contributed by atoms with Gasteiger partial charge in [0.2, 0.25) is 21.7 Å². The van der Waals surface area contributed by atoms with Crippen molar-refractivity contribution < 1.29 is 23.0 Å². The average molecular weight is 570 g/mol. The highest BCUT2D eigenvalue weighted by atomic mass is 32.2. The van der Waals surface area contributed by atoms with Crippen LogP contribution in [0.25, 0.3) is 22.4 Å². The summed E-state index contributed by atoms with van der Waals surface area (Å²) in [6, 6.07) is 25.3. The maximum atomic E-state index is 13.9. The molecule has 3 aromatic carbocycles. The minimum absolute atomic E-state index is 0.154. The van der Waals surface area contributed by atoms with Crippen LogP contribution in [0, 0.1) is 19.8 Å². The van der Waals surface area contributed by atoms with E-state index in [-0.39, 0.29) is 16.3 Å². The number of hydrogen-bond donors (Lipinski definition) is 2. The third kappa shape index (κ3) is 5.24. The van der Waals surface area contributed by atoms with Gasteiger partial charge in [0.05, 0.1) is 4.90 Å². The van der Waals surface area contributed by atoms with Crippen molar-refractivity contribution in [1.82, 2.24) is 9.97 Å². The van der Waals surface area contributed by atoms with Gasteiger partial charge in [-0.15, -0.1) is 0 Å². The van der Waals surface area contributed by atoms with Crippen LogP contribution in [0.1, 0.15) is 18.2 Å². The van der Waals surface area contributed by atoms with Gasteiger partial charge in [-0.1, -0.05) is 54.1 Å². The number of rotatable bonds is 7. The van der Waals surface area contributed by atoms with Crippen molar-refractivity contribution in [2.24, 2.45) is 0 Å². The second-order valence-corrected chi connectivity index (χ2v) is 11.4. The molecule has 7 nitrogen and oxygen atoms in total. The molecule has 0 saturated carbocycles. The zero-order valence-electron chi connectivity index (χ0n) is 22.7. The maximum absolute atomic E-state index is 13.9. The van der Waals surface area contributed by atoms with Gasteiger partial charge in [0.25, 0.3) is 0 Å². The van der Waals surface area contributed by atoms with Crippen LogP contribution >= 0.6 is 0 Å². The lowest BCUT2D eigenvalue weighted by Crippen LogP contribution is -2.19. The Balaban J connectivity index is 1.69. The molecule has 5 aromatic rings. The zero-order valence-corrected chi connectivity index (χ0v) is 23.5. The number of para-hydroxylation sites is 1. The highest BCUT2D eigenvalue weighted by Gasteiger charge is 2.33. The predicted molar refractivity (Wildman–Crippen MR) is 157 cm³/mol. The first-order valence-electron chi connectivity index (χ1n) is 13.0. The highest BCUT2D eigenvalue weighted by Crippen LogP contribution is 2.48. The molecular formula is C32H28FN3O4S. The summed E-state index contributed by atoms with van der Waals surface area (Å²) in [4.78, 5) is 9.09. The second kappa shape index (κ2) is 11.0. The van der Waals surface area contributed by atoms with Crippen molar-refractivity contribution in [3.8, 4) is 34.0 Å². The largest absolute Gasteiger partial charge is 0.504 e. The smallest absolute Gasteiger partial charge is 0.235 e. The Labute approximate surface area is 238 Å². The number of aromatic nitrogens is 2. The van der Waals surface area contributed by atoms with Crippen molar-refractivity contribution >= 4 is 21.2 Å². The fraction of sp³-hybridized carbons (Fsp3) is 0.125. The number of pyridine rings is 2. The number of benzene rings is 3. The minimum Gasteiger partial charge on any atom is -0.504 e. The Kier molecular flexibility index (Phi) is 7.47. The van der Waals surface area contributed by atoms with E-state index in [1.807, 2.05) is 62.4 Å². The highest BCUT2D eigenvalue weighted by molar-refractivity contribution is 7.91. The van der Waals surface area contributed by atoms with Gasteiger partial charge in [-0.2, -0.15) is 4.39 Å². The molecule has 2 heterocycles. The maximum Gasteiger partial charge on any atom is 0.235 e. The number of aryl methyl sites for hydroxylation is 2. The molecule has 0 bridgehead atoms. The van der Waals surface area contributed by atoms with Crippen LogP contribution in [-0.2, 0) is 9.84 Å². The number of hydrogen-bond acceptors (Lipinski definition) is 7. The molecule has 0 saturated heterocycles. The first-order valence-corrected chi connectivity index (χ1v) is 14.4. The molecule has 0 amide bonds. The Hall–Kier alpha value is -4.76. The van der Waals surface area contributed by atoms with Crippen LogP contribution in [-0.4, -0.2) is 35.1 Å². The van der Waals surface area contributed by atoms with E-state index in [1.54, 1.807) is 36.1 Å². The first kappa shape index (κ1) is 27.8. The zero-order chi connectivity index (χ0) is 29.3. The van der Waals surface area contributed by atoms with Crippen LogP contribution in [0.15, 0.2) is 101 Å². The summed E-state index contributed by atoms with van der Waals surface area (Å²) in [6.45, 7) is 5.82. The summed E-state index contributed by atoms with van der Waals surface area (Å²) in [7, 11) is -4.43. The Morgan fingerprint density at radius 3 is 2.17 bits per heavy atom. The minimum atomic E-state index is -4.43. The predicted octanol–water partition coefficient (Wildman–Crippen LogP) is 6.97. The van der Waals surface area contributed by atoms with Gasteiger partial charge >= 0.3 is 0 Å². The molecule has 208 valence electrons. The van der Waals surface area contributed by atoms with E-state index < -0.39 is 32.3 Å². The van der Waals surface area contributed by atoms with Gasteiger partial charge in [0.15, 0.2) is 10.6 Å². The van der Waals surface area contributed by atoms with E-state index in [9.17, 15) is 23.0 Å². The van der Waals surface area contributed by atoms with E-state index in [0.717, 1.165) is 5.56 Å². The van der Waals surface area contributed by atoms with Crippen molar-refractivity contribution in [2.75, 3.05) is 11.4 Å². The summed E-state index contributed by atoms with van der Waals surface area (Å²) >= 11 is 0. The number of aromatic hydroxyl groups is 2. The molecule has 0 aliphatic rings. The molecule has 2 N–H and O–H groups in total. The van der Waals surface area contributed by atoms with Crippen LogP contribution in [0.3, 0.4) is 0 Å². The molecule has 0 spiro atoms. The lowest BCUT2D eigenvalue weighted by Gasteiger charge is -2.27. The first-order chi connectivity index (χ1) is 19.6. The van der Waals surface area contributed by atoms with Crippen molar-refractivity contribution in [2.45, 2.75) is 30.6 Å². The standard InChI is InChI=1S/C32H28FN3O4S/c1-4-36(24-11-6-5-7-12-24)29-28(23-10-8-9-20(2)19-23)35-32(38)31(30(29)37)41(39,40)25-15-13-22(14-16-25)26-17-18-27(33)34-21(26)3/h5-19H,4H2,1-3H3,(H2,35,37,38). The Bertz CT molecular complexity index is 1840. The van der Waals surface area contributed by atoms with Crippen LogP contribution in [0.5, 0.6) is 11.6 Å². The van der Waals surface area contributed by atoms with Crippen LogP contribution < -0.4 is 4.90 Å². The molecule has 2 aromatic heterocycles. The molecule has 5 rings (SSSR count). The number of sulfone groups is 1. The van der Waals surface area contributed by atoms with Crippen LogP contribution in [0.4, 0.5) is 15.8 Å².